The summed E-state index contributed by atoms with van der Waals surface area (Å²) in [4.78, 5) is 26.9. The van der Waals surface area contributed by atoms with Crippen molar-refractivity contribution in [1.82, 2.24) is 14.5 Å². The van der Waals surface area contributed by atoms with E-state index < -0.39 is 18.1 Å². The Morgan fingerprint density at radius 3 is 2.59 bits per heavy atom. The van der Waals surface area contributed by atoms with Crippen LogP contribution in [0.3, 0.4) is 0 Å². The molecule has 2 heterocycles. The summed E-state index contributed by atoms with van der Waals surface area (Å²) in [7, 11) is 1.81. The first-order valence-electron chi connectivity index (χ1n) is 5.19. The molecule has 1 aromatic heterocycles. The van der Waals surface area contributed by atoms with E-state index in [2.05, 4.69) is 4.98 Å². The minimum absolute atomic E-state index is 0.111. The van der Waals surface area contributed by atoms with Gasteiger partial charge in [-0.2, -0.15) is 0 Å². The van der Waals surface area contributed by atoms with Crippen molar-refractivity contribution in [3.63, 3.8) is 0 Å². The lowest BCUT2D eigenvalue weighted by molar-refractivity contribution is -0.141. The van der Waals surface area contributed by atoms with Gasteiger partial charge in [-0.05, 0) is 6.42 Å². The summed E-state index contributed by atoms with van der Waals surface area (Å²) in [5.74, 6) is -1.21. The lowest BCUT2D eigenvalue weighted by Crippen LogP contribution is -2.39. The van der Waals surface area contributed by atoms with Crippen molar-refractivity contribution in [2.24, 2.45) is 7.05 Å². The molecule has 92 valence electrons. The van der Waals surface area contributed by atoms with Crippen LogP contribution in [0.1, 0.15) is 18.0 Å². The predicted octanol–water partition coefficient (Wildman–Crippen LogP) is 0.341. The quantitative estimate of drug-likeness (QED) is 0.775. The molecular formula is C10H13N3O4. The molecule has 2 atom stereocenters. The number of imidazole rings is 1. The van der Waals surface area contributed by atoms with Gasteiger partial charge in [-0.15, -0.1) is 0 Å². The van der Waals surface area contributed by atoms with E-state index in [4.69, 9.17) is 10.2 Å². The maximum Gasteiger partial charge on any atom is 0.408 e. The lowest BCUT2D eigenvalue weighted by Gasteiger charge is -2.16. The number of likely N-dealkylation sites (tertiary alicyclic amines) is 1. The summed E-state index contributed by atoms with van der Waals surface area (Å²) in [6.45, 7) is 0.200. The summed E-state index contributed by atoms with van der Waals surface area (Å²) in [5.41, 5.74) is 0.861. The molecule has 0 bridgehead atoms. The molecule has 1 aromatic rings. The molecule has 0 aliphatic carbocycles. The van der Waals surface area contributed by atoms with Gasteiger partial charge in [0.05, 0.1) is 6.33 Å². The topological polar surface area (TPSA) is 95.7 Å². The Balaban J connectivity index is 2.23. The number of hydrogen-bond acceptors (Lipinski definition) is 3. The molecule has 1 aliphatic heterocycles. The van der Waals surface area contributed by atoms with E-state index in [-0.39, 0.29) is 12.5 Å². The van der Waals surface area contributed by atoms with Crippen molar-refractivity contribution in [2.45, 2.75) is 18.4 Å². The van der Waals surface area contributed by atoms with Crippen LogP contribution >= 0.6 is 0 Å². The van der Waals surface area contributed by atoms with Crippen molar-refractivity contribution in [3.05, 3.63) is 18.2 Å². The fraction of sp³-hybridized carbons (Fsp3) is 0.500. The fourth-order valence-electron chi connectivity index (χ4n) is 2.26. The van der Waals surface area contributed by atoms with E-state index in [1.165, 1.54) is 0 Å². The van der Waals surface area contributed by atoms with Crippen LogP contribution in [0, 0.1) is 0 Å². The summed E-state index contributed by atoms with van der Waals surface area (Å²) in [6, 6.07) is -0.965. The van der Waals surface area contributed by atoms with E-state index in [1.54, 1.807) is 17.1 Å². The Labute approximate surface area is 97.3 Å². The van der Waals surface area contributed by atoms with Crippen LogP contribution in [0.15, 0.2) is 12.5 Å². The Kier molecular flexibility index (Phi) is 2.74. The third-order valence-corrected chi connectivity index (χ3v) is 3.10. The first kappa shape index (κ1) is 11.4. The monoisotopic (exact) mass is 239 g/mol. The van der Waals surface area contributed by atoms with Crippen LogP contribution in [0.5, 0.6) is 0 Å². The molecule has 2 rings (SSSR count). The van der Waals surface area contributed by atoms with Crippen molar-refractivity contribution in [3.8, 4) is 0 Å². The summed E-state index contributed by atoms with van der Waals surface area (Å²) < 4.78 is 1.79. The minimum atomic E-state index is -1.19. The molecule has 1 saturated heterocycles. The van der Waals surface area contributed by atoms with Crippen molar-refractivity contribution in [1.29, 1.82) is 0 Å². The highest BCUT2D eigenvalue weighted by atomic mass is 16.4. The van der Waals surface area contributed by atoms with E-state index in [9.17, 15) is 9.59 Å². The number of hydrogen-bond donors (Lipinski definition) is 2. The van der Waals surface area contributed by atoms with E-state index in [1.807, 2.05) is 7.05 Å². The standard InChI is InChI=1S/C10H13N3O4/c1-12-5-11-3-8(12)6-2-7(9(14)15)13(4-6)10(16)17/h3,5-7H,2,4H2,1H3,(H,14,15)(H,16,17)/t6?,7-/m1/s1. The summed E-state index contributed by atoms with van der Waals surface area (Å²) in [5, 5.41) is 17.9. The SMILES string of the molecule is Cn1cncc1C1C[C@H](C(=O)O)N(C(=O)O)C1. The number of rotatable bonds is 2. The second-order valence-electron chi connectivity index (χ2n) is 4.15. The number of nitrogens with zero attached hydrogens (tertiary/aromatic N) is 3. The first-order valence-corrected chi connectivity index (χ1v) is 5.19. The van der Waals surface area contributed by atoms with Crippen LogP contribution in [0.2, 0.25) is 0 Å². The number of carboxylic acids is 1. The Bertz CT molecular complexity index is 434. The molecule has 1 aliphatic rings. The lowest BCUT2D eigenvalue weighted by atomic mass is 10.0. The van der Waals surface area contributed by atoms with Gasteiger partial charge in [-0.25, -0.2) is 14.6 Å². The van der Waals surface area contributed by atoms with Crippen LogP contribution in [0.4, 0.5) is 4.79 Å². The predicted molar refractivity (Wildman–Crippen MR) is 56.7 cm³/mol. The number of aromatic nitrogens is 2. The van der Waals surface area contributed by atoms with Gasteiger partial charge in [-0.1, -0.05) is 0 Å². The average Bonchev–Trinajstić information content (AvgIpc) is 2.82. The second-order valence-corrected chi connectivity index (χ2v) is 4.15. The Hall–Kier alpha value is -2.05. The highest BCUT2D eigenvalue weighted by Crippen LogP contribution is 2.31. The summed E-state index contributed by atoms with van der Waals surface area (Å²) >= 11 is 0. The molecule has 0 saturated carbocycles. The van der Waals surface area contributed by atoms with Gasteiger partial charge in [0, 0.05) is 31.4 Å². The summed E-state index contributed by atoms with van der Waals surface area (Å²) in [6.07, 6.45) is 2.37. The molecule has 0 aromatic carbocycles. The third-order valence-electron chi connectivity index (χ3n) is 3.10. The van der Waals surface area contributed by atoms with Gasteiger partial charge in [0.25, 0.3) is 0 Å². The maximum atomic E-state index is 11.0. The molecule has 1 amide bonds. The highest BCUT2D eigenvalue weighted by molar-refractivity contribution is 5.80. The van der Waals surface area contributed by atoms with E-state index in [0.717, 1.165) is 10.6 Å². The molecule has 1 unspecified atom stereocenters. The van der Waals surface area contributed by atoms with Crippen molar-refractivity contribution in [2.75, 3.05) is 6.54 Å². The smallest absolute Gasteiger partial charge is 0.408 e. The number of aliphatic carboxylic acids is 1. The van der Waals surface area contributed by atoms with Gasteiger partial charge in [0.2, 0.25) is 0 Å². The van der Waals surface area contributed by atoms with Crippen molar-refractivity contribution >= 4 is 12.1 Å². The molecule has 2 N–H and O–H groups in total. The zero-order valence-electron chi connectivity index (χ0n) is 9.28. The largest absolute Gasteiger partial charge is 0.480 e. The van der Waals surface area contributed by atoms with Gasteiger partial charge < -0.3 is 14.8 Å². The molecule has 1 fully saturated rings. The normalized spacial score (nSPS) is 23.9. The average molecular weight is 239 g/mol. The second kappa shape index (κ2) is 4.08. The molecule has 7 heteroatoms. The van der Waals surface area contributed by atoms with Gasteiger partial charge in [0.1, 0.15) is 6.04 Å². The molecule has 0 spiro atoms. The van der Waals surface area contributed by atoms with Crippen molar-refractivity contribution < 1.29 is 19.8 Å². The van der Waals surface area contributed by atoms with Crippen LogP contribution in [0.25, 0.3) is 0 Å². The van der Waals surface area contributed by atoms with Gasteiger partial charge >= 0.3 is 12.1 Å². The zero-order valence-corrected chi connectivity index (χ0v) is 9.28. The third kappa shape index (κ3) is 1.95. The Morgan fingerprint density at radius 2 is 2.18 bits per heavy atom. The highest BCUT2D eigenvalue weighted by Gasteiger charge is 2.41. The van der Waals surface area contributed by atoms with E-state index >= 15 is 0 Å². The maximum absolute atomic E-state index is 11.0. The zero-order chi connectivity index (χ0) is 12.6. The fourth-order valence-corrected chi connectivity index (χ4v) is 2.26. The van der Waals surface area contributed by atoms with Gasteiger partial charge in [0.15, 0.2) is 0 Å². The minimum Gasteiger partial charge on any atom is -0.480 e. The number of amides is 1. The molecule has 0 radical (unpaired) electrons. The number of carbonyl (C=O) groups is 2. The molecular weight excluding hydrogens is 226 g/mol. The molecule has 7 nitrogen and oxygen atoms in total. The van der Waals surface area contributed by atoms with Crippen LogP contribution in [-0.4, -0.2) is 49.3 Å². The first-order chi connectivity index (χ1) is 8.00. The van der Waals surface area contributed by atoms with E-state index in [0.29, 0.717) is 6.42 Å². The van der Waals surface area contributed by atoms with Gasteiger partial charge in [-0.3, -0.25) is 4.90 Å². The Morgan fingerprint density at radius 1 is 1.47 bits per heavy atom. The van der Waals surface area contributed by atoms with Crippen LogP contribution < -0.4 is 0 Å². The molecule has 17 heavy (non-hydrogen) atoms. The number of carboxylic acid groups (broad SMARTS) is 2. The number of aryl methyl sites for hydroxylation is 1. The van der Waals surface area contributed by atoms with Crippen LogP contribution in [-0.2, 0) is 11.8 Å².